The summed E-state index contributed by atoms with van der Waals surface area (Å²) in [5, 5.41) is 2.91. The van der Waals surface area contributed by atoms with Crippen molar-refractivity contribution in [2.24, 2.45) is 0 Å². The predicted molar refractivity (Wildman–Crippen MR) is 99.3 cm³/mol. The third-order valence-corrected chi connectivity index (χ3v) is 3.79. The molecule has 0 aliphatic rings. The summed E-state index contributed by atoms with van der Waals surface area (Å²) < 4.78 is 5.40. The van der Waals surface area contributed by atoms with Gasteiger partial charge in [-0.05, 0) is 49.8 Å². The molecule has 0 saturated heterocycles. The van der Waals surface area contributed by atoms with Gasteiger partial charge in [-0.2, -0.15) is 0 Å². The summed E-state index contributed by atoms with van der Waals surface area (Å²) in [7, 11) is 0. The topological polar surface area (TPSA) is 67.0 Å². The fraction of sp³-hybridized carbons (Fsp3) is 0.200. The molecule has 128 valence electrons. The maximum atomic E-state index is 12.1. The van der Waals surface area contributed by atoms with Gasteiger partial charge in [-0.3, -0.25) is 4.79 Å². The van der Waals surface area contributed by atoms with Crippen LogP contribution in [0.5, 0.6) is 5.75 Å². The zero-order valence-electron chi connectivity index (χ0n) is 14.3. The number of carbonyl (C=O) groups excluding carboxylic acids is 1. The SMILES string of the molecule is CCOc1ccc(/C=C/C(=O)NC(C)c2nc3ccccc3[nH]2)cc1. The predicted octanol–water partition coefficient (Wildman–Crippen LogP) is 3.85. The first-order chi connectivity index (χ1) is 12.2. The molecule has 1 amide bonds. The second kappa shape index (κ2) is 7.66. The van der Waals surface area contributed by atoms with E-state index in [1.54, 1.807) is 6.08 Å². The molecule has 3 aromatic rings. The molecule has 1 atom stereocenters. The number of aromatic amines is 1. The molecular weight excluding hydrogens is 314 g/mol. The van der Waals surface area contributed by atoms with E-state index < -0.39 is 0 Å². The Balaban J connectivity index is 1.61. The Kier molecular flexibility index (Phi) is 5.14. The minimum Gasteiger partial charge on any atom is -0.494 e. The minimum absolute atomic E-state index is 0.165. The standard InChI is InChI=1S/C20H21N3O2/c1-3-25-16-11-8-15(9-12-16)10-13-19(24)21-14(2)20-22-17-6-4-5-7-18(17)23-20/h4-14H,3H2,1-2H3,(H,21,24)(H,22,23)/b13-10+. The van der Waals surface area contributed by atoms with Crippen molar-refractivity contribution in [2.75, 3.05) is 6.61 Å². The van der Waals surface area contributed by atoms with Gasteiger partial charge in [0.15, 0.2) is 0 Å². The molecule has 3 rings (SSSR count). The number of rotatable bonds is 6. The summed E-state index contributed by atoms with van der Waals surface area (Å²) in [6.45, 7) is 4.49. The largest absolute Gasteiger partial charge is 0.494 e. The number of H-pyrrole nitrogens is 1. The molecule has 0 fully saturated rings. The number of hydrogen-bond donors (Lipinski definition) is 2. The number of hydrogen-bond acceptors (Lipinski definition) is 3. The highest BCUT2D eigenvalue weighted by Crippen LogP contribution is 2.16. The van der Waals surface area contributed by atoms with E-state index in [1.807, 2.05) is 62.4 Å². The Morgan fingerprint density at radius 2 is 2.00 bits per heavy atom. The maximum Gasteiger partial charge on any atom is 0.244 e. The molecule has 0 radical (unpaired) electrons. The van der Waals surface area contributed by atoms with Gasteiger partial charge in [-0.25, -0.2) is 4.98 Å². The van der Waals surface area contributed by atoms with Crippen molar-refractivity contribution < 1.29 is 9.53 Å². The van der Waals surface area contributed by atoms with Crippen LogP contribution in [0.1, 0.15) is 31.3 Å². The first kappa shape index (κ1) is 16.8. The van der Waals surface area contributed by atoms with Crippen LogP contribution in [-0.4, -0.2) is 22.5 Å². The second-order valence-corrected chi connectivity index (χ2v) is 5.70. The van der Waals surface area contributed by atoms with Gasteiger partial charge < -0.3 is 15.0 Å². The average Bonchev–Trinajstić information content (AvgIpc) is 3.06. The molecule has 0 aliphatic carbocycles. The lowest BCUT2D eigenvalue weighted by molar-refractivity contribution is -0.117. The number of fused-ring (bicyclic) bond motifs is 1. The maximum absolute atomic E-state index is 12.1. The van der Waals surface area contributed by atoms with Crippen LogP contribution in [0.2, 0.25) is 0 Å². The van der Waals surface area contributed by atoms with Crippen LogP contribution in [0, 0.1) is 0 Å². The zero-order chi connectivity index (χ0) is 17.6. The summed E-state index contributed by atoms with van der Waals surface area (Å²) in [6.07, 6.45) is 3.30. The molecule has 2 aromatic carbocycles. The van der Waals surface area contributed by atoms with Crippen LogP contribution in [0.25, 0.3) is 17.1 Å². The van der Waals surface area contributed by atoms with E-state index in [-0.39, 0.29) is 11.9 Å². The number of amides is 1. The quantitative estimate of drug-likeness (QED) is 0.672. The highest BCUT2D eigenvalue weighted by atomic mass is 16.5. The highest BCUT2D eigenvalue weighted by molar-refractivity contribution is 5.92. The van der Waals surface area contributed by atoms with Gasteiger partial charge in [0.1, 0.15) is 11.6 Å². The lowest BCUT2D eigenvalue weighted by Gasteiger charge is -2.09. The number of carbonyl (C=O) groups is 1. The molecule has 0 bridgehead atoms. The first-order valence-electron chi connectivity index (χ1n) is 8.32. The summed E-state index contributed by atoms with van der Waals surface area (Å²) in [5.74, 6) is 1.40. The Hall–Kier alpha value is -3.08. The van der Waals surface area contributed by atoms with Crippen molar-refractivity contribution in [3.05, 3.63) is 66.0 Å². The van der Waals surface area contributed by atoms with E-state index in [2.05, 4.69) is 15.3 Å². The van der Waals surface area contributed by atoms with Crippen LogP contribution in [0.3, 0.4) is 0 Å². The summed E-state index contributed by atoms with van der Waals surface area (Å²) in [4.78, 5) is 19.9. The van der Waals surface area contributed by atoms with E-state index in [0.717, 1.165) is 28.2 Å². The molecular formula is C20H21N3O2. The van der Waals surface area contributed by atoms with E-state index in [9.17, 15) is 4.79 Å². The molecule has 0 aliphatic heterocycles. The van der Waals surface area contributed by atoms with Gasteiger partial charge in [-0.1, -0.05) is 24.3 Å². The van der Waals surface area contributed by atoms with Crippen molar-refractivity contribution in [1.82, 2.24) is 15.3 Å². The van der Waals surface area contributed by atoms with E-state index in [1.165, 1.54) is 6.08 Å². The third kappa shape index (κ3) is 4.26. The zero-order valence-corrected chi connectivity index (χ0v) is 14.3. The molecule has 25 heavy (non-hydrogen) atoms. The molecule has 1 unspecified atom stereocenters. The van der Waals surface area contributed by atoms with Crippen molar-refractivity contribution in [1.29, 1.82) is 0 Å². The van der Waals surface area contributed by atoms with Gasteiger partial charge in [0.25, 0.3) is 0 Å². The van der Waals surface area contributed by atoms with Crippen LogP contribution in [0.15, 0.2) is 54.6 Å². The first-order valence-corrected chi connectivity index (χ1v) is 8.32. The van der Waals surface area contributed by atoms with Gasteiger partial charge in [0, 0.05) is 6.08 Å². The van der Waals surface area contributed by atoms with Crippen molar-refractivity contribution in [2.45, 2.75) is 19.9 Å². The van der Waals surface area contributed by atoms with E-state index in [0.29, 0.717) is 6.61 Å². The smallest absolute Gasteiger partial charge is 0.244 e. The van der Waals surface area contributed by atoms with Crippen LogP contribution in [0.4, 0.5) is 0 Å². The Bertz CT molecular complexity index is 848. The van der Waals surface area contributed by atoms with Crippen molar-refractivity contribution in [3.8, 4) is 5.75 Å². The number of benzene rings is 2. The molecule has 1 heterocycles. The summed E-state index contributed by atoms with van der Waals surface area (Å²) >= 11 is 0. The van der Waals surface area contributed by atoms with Gasteiger partial charge >= 0.3 is 0 Å². The van der Waals surface area contributed by atoms with Gasteiger partial charge in [-0.15, -0.1) is 0 Å². The number of aromatic nitrogens is 2. The van der Waals surface area contributed by atoms with Crippen LogP contribution < -0.4 is 10.1 Å². The lowest BCUT2D eigenvalue weighted by Crippen LogP contribution is -2.25. The molecule has 0 saturated carbocycles. The number of nitrogens with one attached hydrogen (secondary N) is 2. The Labute approximate surface area is 146 Å². The van der Waals surface area contributed by atoms with Gasteiger partial charge in [0.05, 0.1) is 23.7 Å². The second-order valence-electron chi connectivity index (χ2n) is 5.70. The lowest BCUT2D eigenvalue weighted by atomic mass is 10.2. The molecule has 1 aromatic heterocycles. The summed E-state index contributed by atoms with van der Waals surface area (Å²) in [5.41, 5.74) is 2.79. The number of nitrogens with zero attached hydrogens (tertiary/aromatic N) is 1. The van der Waals surface area contributed by atoms with Crippen molar-refractivity contribution in [3.63, 3.8) is 0 Å². The molecule has 2 N–H and O–H groups in total. The molecule has 5 heteroatoms. The Morgan fingerprint density at radius 3 is 2.72 bits per heavy atom. The number of para-hydroxylation sites is 2. The van der Waals surface area contributed by atoms with Crippen LogP contribution >= 0.6 is 0 Å². The number of imidazole rings is 1. The molecule has 5 nitrogen and oxygen atoms in total. The van der Waals surface area contributed by atoms with E-state index in [4.69, 9.17) is 4.74 Å². The monoisotopic (exact) mass is 335 g/mol. The van der Waals surface area contributed by atoms with Crippen LogP contribution in [-0.2, 0) is 4.79 Å². The fourth-order valence-electron chi connectivity index (χ4n) is 2.52. The summed E-state index contributed by atoms with van der Waals surface area (Å²) in [6, 6.07) is 15.2. The van der Waals surface area contributed by atoms with Gasteiger partial charge in [0.2, 0.25) is 5.91 Å². The third-order valence-electron chi connectivity index (χ3n) is 3.79. The average molecular weight is 335 g/mol. The molecule has 0 spiro atoms. The normalized spacial score (nSPS) is 12.4. The van der Waals surface area contributed by atoms with E-state index >= 15 is 0 Å². The minimum atomic E-state index is -0.204. The van der Waals surface area contributed by atoms with Crippen molar-refractivity contribution >= 4 is 23.0 Å². The highest BCUT2D eigenvalue weighted by Gasteiger charge is 2.11. The fourth-order valence-corrected chi connectivity index (χ4v) is 2.52. The number of ether oxygens (including phenoxy) is 1. The Morgan fingerprint density at radius 1 is 1.24 bits per heavy atom.